The van der Waals surface area contributed by atoms with Crippen molar-refractivity contribution in [2.75, 3.05) is 11.9 Å². The smallest absolute Gasteiger partial charge is 0.161 e. The fourth-order valence-electron chi connectivity index (χ4n) is 1.50. The number of rotatable bonds is 4. The number of anilines is 1. The molecule has 0 aliphatic heterocycles. The Morgan fingerprint density at radius 2 is 2.17 bits per heavy atom. The summed E-state index contributed by atoms with van der Waals surface area (Å²) in [5, 5.41) is 12.9. The molecule has 1 aromatic carbocycles. The summed E-state index contributed by atoms with van der Waals surface area (Å²) >= 11 is 5.87. The summed E-state index contributed by atoms with van der Waals surface area (Å²) in [7, 11) is 0. The van der Waals surface area contributed by atoms with Crippen molar-refractivity contribution in [3.8, 4) is 17.1 Å². The van der Waals surface area contributed by atoms with Gasteiger partial charge in [-0.3, -0.25) is 0 Å². The molecule has 0 bridgehead atoms. The molecule has 5 heteroatoms. The predicted octanol–water partition coefficient (Wildman–Crippen LogP) is 3.32. The van der Waals surface area contributed by atoms with Crippen LogP contribution in [0, 0.1) is 0 Å². The second-order valence-corrected chi connectivity index (χ2v) is 4.27. The minimum absolute atomic E-state index is 0.0562. The number of aromatic nitrogens is 2. The number of nitrogens with zero attached hydrogens (tertiary/aromatic N) is 2. The average molecular weight is 264 g/mol. The summed E-state index contributed by atoms with van der Waals surface area (Å²) in [5.74, 6) is 1.42. The van der Waals surface area contributed by atoms with Crippen molar-refractivity contribution in [2.24, 2.45) is 0 Å². The van der Waals surface area contributed by atoms with Crippen LogP contribution in [0.4, 0.5) is 5.82 Å². The molecule has 0 aliphatic rings. The molecule has 0 unspecified atom stereocenters. The van der Waals surface area contributed by atoms with Gasteiger partial charge in [-0.2, -0.15) is 0 Å². The average Bonchev–Trinajstić information content (AvgIpc) is 2.40. The maximum atomic E-state index is 9.38. The molecule has 18 heavy (non-hydrogen) atoms. The van der Waals surface area contributed by atoms with Crippen LogP contribution in [-0.2, 0) is 0 Å². The lowest BCUT2D eigenvalue weighted by Crippen LogP contribution is -2.02. The van der Waals surface area contributed by atoms with Gasteiger partial charge in [-0.05, 0) is 30.7 Å². The number of aromatic hydroxyl groups is 1. The maximum Gasteiger partial charge on any atom is 0.161 e. The van der Waals surface area contributed by atoms with E-state index in [2.05, 4.69) is 22.2 Å². The van der Waals surface area contributed by atoms with E-state index < -0.39 is 0 Å². The zero-order chi connectivity index (χ0) is 13.0. The molecule has 0 atom stereocenters. The largest absolute Gasteiger partial charge is 0.506 e. The van der Waals surface area contributed by atoms with E-state index in [1.165, 1.54) is 6.07 Å². The van der Waals surface area contributed by atoms with Crippen LogP contribution >= 0.6 is 11.6 Å². The zero-order valence-corrected chi connectivity index (χ0v) is 10.8. The third-order valence-corrected chi connectivity index (χ3v) is 2.72. The molecule has 2 N–H and O–H groups in total. The number of phenolic OH excluding ortho intramolecular Hbond substituents is 1. The Balaban J connectivity index is 2.29. The molecule has 4 nitrogen and oxygen atoms in total. The molecular weight excluding hydrogens is 250 g/mol. The van der Waals surface area contributed by atoms with Crippen LogP contribution in [0.1, 0.15) is 13.3 Å². The molecule has 0 spiro atoms. The van der Waals surface area contributed by atoms with Crippen LogP contribution in [0.5, 0.6) is 5.75 Å². The van der Waals surface area contributed by atoms with Gasteiger partial charge >= 0.3 is 0 Å². The number of hydrogen-bond acceptors (Lipinski definition) is 4. The van der Waals surface area contributed by atoms with Crippen molar-refractivity contribution in [3.63, 3.8) is 0 Å². The van der Waals surface area contributed by atoms with E-state index in [0.29, 0.717) is 10.8 Å². The molecule has 0 aliphatic carbocycles. The Labute approximate surface area is 111 Å². The molecule has 0 radical (unpaired) electrons. The van der Waals surface area contributed by atoms with Crippen LogP contribution < -0.4 is 5.32 Å². The normalized spacial score (nSPS) is 10.3. The van der Waals surface area contributed by atoms with E-state index in [1.807, 2.05) is 6.07 Å². The molecule has 0 saturated heterocycles. The first-order valence-corrected chi connectivity index (χ1v) is 6.14. The van der Waals surface area contributed by atoms with Crippen LogP contribution in [0.25, 0.3) is 11.4 Å². The highest BCUT2D eigenvalue weighted by atomic mass is 35.5. The van der Waals surface area contributed by atoms with E-state index in [9.17, 15) is 5.11 Å². The molecule has 0 fully saturated rings. The highest BCUT2D eigenvalue weighted by Gasteiger charge is 2.05. The monoisotopic (exact) mass is 263 g/mol. The van der Waals surface area contributed by atoms with Crippen molar-refractivity contribution in [3.05, 3.63) is 35.5 Å². The van der Waals surface area contributed by atoms with E-state index in [1.54, 1.807) is 18.3 Å². The van der Waals surface area contributed by atoms with Crippen molar-refractivity contribution >= 4 is 17.4 Å². The van der Waals surface area contributed by atoms with Crippen molar-refractivity contribution in [1.82, 2.24) is 9.97 Å². The van der Waals surface area contributed by atoms with Gasteiger partial charge in [-0.15, -0.1) is 0 Å². The van der Waals surface area contributed by atoms with E-state index in [-0.39, 0.29) is 5.75 Å². The number of halogens is 1. The van der Waals surface area contributed by atoms with Crippen LogP contribution in [-0.4, -0.2) is 21.6 Å². The molecule has 2 rings (SSSR count). The van der Waals surface area contributed by atoms with Gasteiger partial charge in [0, 0.05) is 18.3 Å². The van der Waals surface area contributed by atoms with Crippen LogP contribution in [0.15, 0.2) is 30.5 Å². The van der Waals surface area contributed by atoms with E-state index in [0.717, 1.165) is 24.3 Å². The molecule has 0 amide bonds. The zero-order valence-electron chi connectivity index (χ0n) is 10.0. The third-order valence-electron chi connectivity index (χ3n) is 2.42. The van der Waals surface area contributed by atoms with Crippen molar-refractivity contribution in [2.45, 2.75) is 13.3 Å². The lowest BCUT2D eigenvalue weighted by molar-refractivity contribution is 0.475. The highest BCUT2D eigenvalue weighted by Crippen LogP contribution is 2.27. The van der Waals surface area contributed by atoms with Gasteiger partial charge < -0.3 is 10.4 Å². The minimum atomic E-state index is 0.0562. The third kappa shape index (κ3) is 2.90. The fraction of sp³-hybridized carbons (Fsp3) is 0.231. The van der Waals surface area contributed by atoms with E-state index >= 15 is 0 Å². The molecular formula is C13H14ClN3O. The summed E-state index contributed by atoms with van der Waals surface area (Å²) in [6, 6.07) is 6.74. The Morgan fingerprint density at radius 1 is 1.33 bits per heavy atom. The van der Waals surface area contributed by atoms with Crippen molar-refractivity contribution in [1.29, 1.82) is 0 Å². The standard InChI is InChI=1S/C13H14ClN3O/c1-2-6-15-12-5-7-16-13(17-12)9-3-4-11(18)10(14)8-9/h3-5,7-8,18H,2,6H2,1H3,(H,15,16,17). The van der Waals surface area contributed by atoms with Crippen molar-refractivity contribution < 1.29 is 5.11 Å². The SMILES string of the molecule is CCCNc1ccnc(-c2ccc(O)c(Cl)c2)n1. The summed E-state index contributed by atoms with van der Waals surface area (Å²) < 4.78 is 0. The lowest BCUT2D eigenvalue weighted by Gasteiger charge is -2.06. The topological polar surface area (TPSA) is 58.0 Å². The summed E-state index contributed by atoms with van der Waals surface area (Å²) in [5.41, 5.74) is 0.776. The quantitative estimate of drug-likeness (QED) is 0.888. The number of nitrogens with one attached hydrogen (secondary N) is 1. The van der Waals surface area contributed by atoms with Gasteiger partial charge in [-0.25, -0.2) is 9.97 Å². The number of hydrogen-bond donors (Lipinski definition) is 2. The Morgan fingerprint density at radius 3 is 2.89 bits per heavy atom. The van der Waals surface area contributed by atoms with Gasteiger partial charge in [0.25, 0.3) is 0 Å². The molecule has 1 heterocycles. The molecule has 2 aromatic rings. The Hall–Kier alpha value is -1.81. The maximum absolute atomic E-state index is 9.38. The first kappa shape index (κ1) is 12.6. The molecule has 1 aromatic heterocycles. The highest BCUT2D eigenvalue weighted by molar-refractivity contribution is 6.32. The van der Waals surface area contributed by atoms with Gasteiger partial charge in [0.05, 0.1) is 5.02 Å². The van der Waals surface area contributed by atoms with Gasteiger partial charge in [0.15, 0.2) is 5.82 Å². The summed E-state index contributed by atoms with van der Waals surface area (Å²) in [6.45, 7) is 2.96. The first-order valence-electron chi connectivity index (χ1n) is 5.76. The number of phenols is 1. The van der Waals surface area contributed by atoms with Gasteiger partial charge in [-0.1, -0.05) is 18.5 Å². The summed E-state index contributed by atoms with van der Waals surface area (Å²) in [6.07, 6.45) is 2.73. The second kappa shape index (κ2) is 5.69. The van der Waals surface area contributed by atoms with Crippen LogP contribution in [0.2, 0.25) is 5.02 Å². The fourth-order valence-corrected chi connectivity index (χ4v) is 1.68. The van der Waals surface area contributed by atoms with Gasteiger partial charge in [0.1, 0.15) is 11.6 Å². The van der Waals surface area contributed by atoms with E-state index in [4.69, 9.17) is 11.6 Å². The minimum Gasteiger partial charge on any atom is -0.506 e. The van der Waals surface area contributed by atoms with Crippen LogP contribution in [0.3, 0.4) is 0 Å². The Bertz CT molecular complexity index is 546. The first-order chi connectivity index (χ1) is 8.70. The predicted molar refractivity (Wildman–Crippen MR) is 72.9 cm³/mol. The summed E-state index contributed by atoms with van der Waals surface area (Å²) in [4.78, 5) is 8.59. The lowest BCUT2D eigenvalue weighted by atomic mass is 10.2. The number of benzene rings is 1. The molecule has 94 valence electrons. The van der Waals surface area contributed by atoms with Gasteiger partial charge in [0.2, 0.25) is 0 Å². The second-order valence-electron chi connectivity index (χ2n) is 3.86. The molecule has 0 saturated carbocycles. The Kier molecular flexibility index (Phi) is 3.99.